The van der Waals surface area contributed by atoms with Gasteiger partial charge in [0.05, 0.1) is 17.0 Å². The van der Waals surface area contributed by atoms with Crippen LogP contribution >= 0.6 is 0 Å². The van der Waals surface area contributed by atoms with Crippen molar-refractivity contribution in [1.82, 2.24) is 15.1 Å². The van der Waals surface area contributed by atoms with Crippen molar-refractivity contribution >= 4 is 9.84 Å². The van der Waals surface area contributed by atoms with Crippen LogP contribution in [0.15, 0.2) is 18.5 Å². The second-order valence-electron chi connectivity index (χ2n) is 4.95. The van der Waals surface area contributed by atoms with Crippen LogP contribution in [-0.4, -0.2) is 41.8 Å². The van der Waals surface area contributed by atoms with E-state index in [9.17, 15) is 8.42 Å². The summed E-state index contributed by atoms with van der Waals surface area (Å²) in [5.74, 6) is 0.176. The summed E-state index contributed by atoms with van der Waals surface area (Å²) in [6.07, 6.45) is 3.61. The van der Waals surface area contributed by atoms with Crippen molar-refractivity contribution in [1.29, 1.82) is 0 Å². The molecule has 1 aromatic heterocycles. The average molecular weight is 259 g/mol. The predicted octanol–water partition coefficient (Wildman–Crippen LogP) is 0.686. The minimum atomic E-state index is -3.02. The van der Waals surface area contributed by atoms with E-state index in [2.05, 4.69) is 10.4 Å². The molecule has 0 aliphatic heterocycles. The Morgan fingerprint density at radius 3 is 2.53 bits per heavy atom. The normalized spacial score (nSPS) is 12.9. The summed E-state index contributed by atoms with van der Waals surface area (Å²) >= 11 is 0. The molecular weight excluding hydrogens is 238 g/mol. The molecule has 0 fully saturated rings. The van der Waals surface area contributed by atoms with E-state index in [1.165, 1.54) is 0 Å². The molecule has 0 bridgehead atoms. The third-order valence-corrected chi connectivity index (χ3v) is 5.17. The first-order chi connectivity index (χ1) is 7.83. The van der Waals surface area contributed by atoms with Crippen molar-refractivity contribution in [2.24, 2.45) is 0 Å². The smallest absolute Gasteiger partial charge is 0.156 e. The predicted molar refractivity (Wildman–Crippen MR) is 68.6 cm³/mol. The van der Waals surface area contributed by atoms with Gasteiger partial charge in [-0.3, -0.25) is 4.68 Å². The van der Waals surface area contributed by atoms with E-state index in [4.69, 9.17) is 0 Å². The molecule has 0 aliphatic rings. The fourth-order valence-corrected chi connectivity index (χ4v) is 2.29. The van der Waals surface area contributed by atoms with Gasteiger partial charge >= 0.3 is 0 Å². The van der Waals surface area contributed by atoms with Crippen molar-refractivity contribution in [3.63, 3.8) is 0 Å². The molecular formula is C11H21N3O2S. The molecule has 0 saturated heterocycles. The summed E-state index contributed by atoms with van der Waals surface area (Å²) in [6, 6.07) is 1.87. The highest BCUT2D eigenvalue weighted by molar-refractivity contribution is 7.92. The van der Waals surface area contributed by atoms with Gasteiger partial charge in [0.1, 0.15) is 0 Å². The lowest BCUT2D eigenvalue weighted by Gasteiger charge is -2.19. The minimum absolute atomic E-state index is 0.176. The van der Waals surface area contributed by atoms with Gasteiger partial charge in [0.2, 0.25) is 0 Å². The molecule has 0 spiro atoms. The molecule has 0 radical (unpaired) electrons. The van der Waals surface area contributed by atoms with Crippen LogP contribution in [0.25, 0.3) is 0 Å². The third-order valence-electron chi connectivity index (χ3n) is 2.56. The van der Waals surface area contributed by atoms with E-state index < -0.39 is 14.6 Å². The van der Waals surface area contributed by atoms with Gasteiger partial charge < -0.3 is 5.32 Å². The lowest BCUT2D eigenvalue weighted by Crippen LogP contribution is -2.35. The zero-order valence-electron chi connectivity index (χ0n) is 10.7. The van der Waals surface area contributed by atoms with Crippen LogP contribution in [0, 0.1) is 0 Å². The molecule has 1 heterocycles. The minimum Gasteiger partial charge on any atom is -0.314 e. The standard InChI is InChI=1S/C11H21N3O2S/c1-11(2,3)17(15,16)10-7-12-6-9-14-8-4-5-13-14/h4-5,8,12H,6-7,9-10H2,1-3H3. The van der Waals surface area contributed by atoms with E-state index in [0.717, 1.165) is 13.1 Å². The molecule has 0 amide bonds. The Balaban J connectivity index is 2.21. The largest absolute Gasteiger partial charge is 0.314 e. The highest BCUT2D eigenvalue weighted by atomic mass is 32.2. The van der Waals surface area contributed by atoms with Crippen LogP contribution in [0.1, 0.15) is 20.8 Å². The number of hydrogen-bond donors (Lipinski definition) is 1. The Morgan fingerprint density at radius 2 is 2.00 bits per heavy atom. The number of aromatic nitrogens is 2. The molecule has 6 heteroatoms. The highest BCUT2D eigenvalue weighted by Crippen LogP contribution is 2.14. The average Bonchev–Trinajstić information content (AvgIpc) is 2.68. The molecule has 5 nitrogen and oxygen atoms in total. The van der Waals surface area contributed by atoms with Crippen molar-refractivity contribution < 1.29 is 8.42 Å². The summed E-state index contributed by atoms with van der Waals surface area (Å²) in [4.78, 5) is 0. The first-order valence-electron chi connectivity index (χ1n) is 5.73. The summed E-state index contributed by atoms with van der Waals surface area (Å²) in [7, 11) is -3.02. The van der Waals surface area contributed by atoms with Crippen LogP contribution in [0.5, 0.6) is 0 Å². The Kier molecular flexibility index (Phi) is 4.70. The first kappa shape index (κ1) is 14.2. The molecule has 1 rings (SSSR count). The third kappa shape index (κ3) is 4.47. The fraction of sp³-hybridized carbons (Fsp3) is 0.727. The Labute approximate surface area is 103 Å². The molecule has 1 N–H and O–H groups in total. The summed E-state index contributed by atoms with van der Waals surface area (Å²) < 4.78 is 24.7. The lowest BCUT2D eigenvalue weighted by molar-refractivity contribution is 0.544. The molecule has 1 aromatic rings. The second-order valence-corrected chi connectivity index (χ2v) is 7.81. The number of rotatable bonds is 6. The van der Waals surface area contributed by atoms with Crippen LogP contribution in [-0.2, 0) is 16.4 Å². The second kappa shape index (κ2) is 5.64. The fourth-order valence-electron chi connectivity index (χ4n) is 1.26. The van der Waals surface area contributed by atoms with Crippen LogP contribution in [0.4, 0.5) is 0 Å². The summed E-state index contributed by atoms with van der Waals surface area (Å²) in [5.41, 5.74) is 0. The van der Waals surface area contributed by atoms with Gasteiger partial charge in [0, 0.05) is 25.5 Å². The van der Waals surface area contributed by atoms with Crippen molar-refractivity contribution in [3.8, 4) is 0 Å². The van der Waals surface area contributed by atoms with Crippen LogP contribution in [0.3, 0.4) is 0 Å². The van der Waals surface area contributed by atoms with Crippen molar-refractivity contribution in [2.45, 2.75) is 32.1 Å². The topological polar surface area (TPSA) is 64.0 Å². The zero-order valence-corrected chi connectivity index (χ0v) is 11.5. The van der Waals surface area contributed by atoms with Crippen LogP contribution in [0.2, 0.25) is 0 Å². The number of nitrogens with zero attached hydrogens (tertiary/aromatic N) is 2. The Hall–Kier alpha value is -0.880. The molecule has 17 heavy (non-hydrogen) atoms. The number of hydrogen-bond acceptors (Lipinski definition) is 4. The van der Waals surface area contributed by atoms with Crippen molar-refractivity contribution in [3.05, 3.63) is 18.5 Å². The van der Waals surface area contributed by atoms with Gasteiger partial charge in [0.15, 0.2) is 9.84 Å². The number of sulfone groups is 1. The first-order valence-corrected chi connectivity index (χ1v) is 7.38. The maximum absolute atomic E-state index is 11.8. The van der Waals surface area contributed by atoms with Crippen LogP contribution < -0.4 is 5.32 Å². The van der Waals surface area contributed by atoms with Gasteiger partial charge in [-0.1, -0.05) is 0 Å². The monoisotopic (exact) mass is 259 g/mol. The maximum Gasteiger partial charge on any atom is 0.156 e. The van der Waals surface area contributed by atoms with Gasteiger partial charge in [-0.2, -0.15) is 5.10 Å². The van der Waals surface area contributed by atoms with E-state index >= 15 is 0 Å². The SMILES string of the molecule is CC(C)(C)S(=O)(=O)CCNCCn1cccn1. The van der Waals surface area contributed by atoms with Gasteiger partial charge in [-0.15, -0.1) is 0 Å². The quantitative estimate of drug-likeness (QED) is 0.763. The Morgan fingerprint density at radius 1 is 1.29 bits per heavy atom. The van der Waals surface area contributed by atoms with Gasteiger partial charge in [-0.05, 0) is 26.8 Å². The van der Waals surface area contributed by atoms with Gasteiger partial charge in [-0.25, -0.2) is 8.42 Å². The lowest BCUT2D eigenvalue weighted by atomic mass is 10.3. The van der Waals surface area contributed by atoms with E-state index in [1.54, 1.807) is 27.0 Å². The highest BCUT2D eigenvalue weighted by Gasteiger charge is 2.27. The molecule has 98 valence electrons. The van der Waals surface area contributed by atoms with E-state index in [1.807, 2.05) is 16.9 Å². The van der Waals surface area contributed by atoms with Gasteiger partial charge in [0.25, 0.3) is 0 Å². The molecule has 0 aromatic carbocycles. The Bertz CT molecular complexity index is 418. The molecule has 0 unspecified atom stereocenters. The van der Waals surface area contributed by atoms with E-state index in [-0.39, 0.29) is 5.75 Å². The maximum atomic E-state index is 11.8. The number of nitrogens with one attached hydrogen (secondary N) is 1. The molecule has 0 aliphatic carbocycles. The summed E-state index contributed by atoms with van der Waals surface area (Å²) in [6.45, 7) is 7.15. The molecule has 0 saturated carbocycles. The molecule has 0 atom stereocenters. The summed E-state index contributed by atoms with van der Waals surface area (Å²) in [5, 5.41) is 7.17. The van der Waals surface area contributed by atoms with E-state index in [0.29, 0.717) is 6.54 Å². The van der Waals surface area contributed by atoms with Crippen molar-refractivity contribution in [2.75, 3.05) is 18.8 Å². The zero-order chi connectivity index (χ0) is 12.9.